The van der Waals surface area contributed by atoms with Crippen molar-refractivity contribution in [1.82, 2.24) is 9.97 Å². The van der Waals surface area contributed by atoms with Gasteiger partial charge in [-0.2, -0.15) is 0 Å². The SMILES string of the molecule is Ic1cncc2ncccc12. The van der Waals surface area contributed by atoms with Gasteiger partial charge in [0.2, 0.25) is 0 Å². The molecule has 2 heterocycles. The van der Waals surface area contributed by atoms with Gasteiger partial charge in [-0.05, 0) is 28.7 Å². The minimum absolute atomic E-state index is 0.958. The first-order valence-corrected chi connectivity index (χ1v) is 4.30. The van der Waals surface area contributed by atoms with Crippen LogP contribution in [0, 0.1) is 3.57 Å². The summed E-state index contributed by atoms with van der Waals surface area (Å²) in [4.78, 5) is 8.22. The van der Waals surface area contributed by atoms with Gasteiger partial charge in [-0.15, -0.1) is 0 Å². The van der Waals surface area contributed by atoms with Crippen molar-refractivity contribution < 1.29 is 0 Å². The van der Waals surface area contributed by atoms with E-state index in [4.69, 9.17) is 0 Å². The molecule has 0 aliphatic heterocycles. The molecule has 2 nitrogen and oxygen atoms in total. The fraction of sp³-hybridized carbons (Fsp3) is 0. The Morgan fingerprint density at radius 1 is 1.27 bits per heavy atom. The monoisotopic (exact) mass is 256 g/mol. The van der Waals surface area contributed by atoms with Crippen molar-refractivity contribution in [2.45, 2.75) is 0 Å². The molecule has 0 N–H and O–H groups in total. The van der Waals surface area contributed by atoms with Gasteiger partial charge in [0.25, 0.3) is 0 Å². The van der Waals surface area contributed by atoms with Gasteiger partial charge in [0, 0.05) is 21.4 Å². The van der Waals surface area contributed by atoms with Gasteiger partial charge >= 0.3 is 0 Å². The maximum atomic E-state index is 4.17. The van der Waals surface area contributed by atoms with Gasteiger partial charge in [-0.3, -0.25) is 9.97 Å². The third-order valence-corrected chi connectivity index (χ3v) is 2.34. The van der Waals surface area contributed by atoms with E-state index in [-0.39, 0.29) is 0 Å². The molecule has 0 saturated carbocycles. The van der Waals surface area contributed by atoms with Crippen molar-refractivity contribution in [2.75, 3.05) is 0 Å². The van der Waals surface area contributed by atoms with Gasteiger partial charge in [0.1, 0.15) is 0 Å². The second kappa shape index (κ2) is 2.73. The van der Waals surface area contributed by atoms with Gasteiger partial charge in [-0.1, -0.05) is 6.07 Å². The highest BCUT2D eigenvalue weighted by Crippen LogP contribution is 2.15. The predicted molar refractivity (Wildman–Crippen MR) is 52.3 cm³/mol. The average molecular weight is 256 g/mol. The van der Waals surface area contributed by atoms with E-state index >= 15 is 0 Å². The highest BCUT2D eigenvalue weighted by atomic mass is 127. The smallest absolute Gasteiger partial charge is 0.0895 e. The minimum Gasteiger partial charge on any atom is -0.261 e. The zero-order chi connectivity index (χ0) is 7.68. The number of hydrogen-bond acceptors (Lipinski definition) is 2. The molecule has 0 bridgehead atoms. The van der Waals surface area contributed by atoms with E-state index in [1.165, 1.54) is 5.39 Å². The molecule has 2 aromatic heterocycles. The molecule has 3 heteroatoms. The van der Waals surface area contributed by atoms with Crippen LogP contribution in [0.2, 0.25) is 0 Å². The predicted octanol–water partition coefficient (Wildman–Crippen LogP) is 2.23. The molecular weight excluding hydrogens is 251 g/mol. The summed E-state index contributed by atoms with van der Waals surface area (Å²) in [5.41, 5.74) is 0.958. The molecule has 2 rings (SSSR count). The average Bonchev–Trinajstić information content (AvgIpc) is 2.06. The Kier molecular flexibility index (Phi) is 1.73. The van der Waals surface area contributed by atoms with Crippen LogP contribution in [-0.2, 0) is 0 Å². The highest BCUT2D eigenvalue weighted by Gasteiger charge is 1.95. The Hall–Kier alpha value is -0.710. The molecule has 0 atom stereocenters. The zero-order valence-electron chi connectivity index (χ0n) is 5.66. The molecule has 0 unspecified atom stereocenters. The number of nitrogens with zero attached hydrogens (tertiary/aromatic N) is 2. The molecule has 0 spiro atoms. The van der Waals surface area contributed by atoms with Crippen LogP contribution in [0.1, 0.15) is 0 Å². The van der Waals surface area contributed by atoms with Gasteiger partial charge in [0.15, 0.2) is 0 Å². The largest absolute Gasteiger partial charge is 0.261 e. The zero-order valence-corrected chi connectivity index (χ0v) is 7.82. The van der Waals surface area contributed by atoms with E-state index in [0.717, 1.165) is 9.09 Å². The third-order valence-electron chi connectivity index (χ3n) is 1.48. The quantitative estimate of drug-likeness (QED) is 0.675. The van der Waals surface area contributed by atoms with Crippen LogP contribution in [0.3, 0.4) is 0 Å². The van der Waals surface area contributed by atoms with Crippen molar-refractivity contribution in [2.24, 2.45) is 0 Å². The standard InChI is InChI=1S/C8H5IN2/c9-7-4-10-5-8-6(7)2-1-3-11-8/h1-5H. The topological polar surface area (TPSA) is 25.8 Å². The van der Waals surface area contributed by atoms with Crippen LogP contribution in [0.5, 0.6) is 0 Å². The van der Waals surface area contributed by atoms with Crippen LogP contribution in [0.15, 0.2) is 30.7 Å². The molecule has 0 radical (unpaired) electrons. The molecule has 11 heavy (non-hydrogen) atoms. The van der Waals surface area contributed by atoms with E-state index in [1.54, 1.807) is 12.4 Å². The van der Waals surface area contributed by atoms with E-state index in [0.29, 0.717) is 0 Å². The first-order chi connectivity index (χ1) is 5.38. The fourth-order valence-electron chi connectivity index (χ4n) is 0.965. The van der Waals surface area contributed by atoms with Gasteiger partial charge in [0.05, 0.1) is 11.7 Å². The number of halogens is 1. The summed E-state index contributed by atoms with van der Waals surface area (Å²) in [7, 11) is 0. The fourth-order valence-corrected chi connectivity index (χ4v) is 1.58. The van der Waals surface area contributed by atoms with Crippen LogP contribution < -0.4 is 0 Å². The number of aromatic nitrogens is 2. The molecule has 0 aliphatic rings. The second-order valence-electron chi connectivity index (χ2n) is 2.19. The van der Waals surface area contributed by atoms with E-state index in [9.17, 15) is 0 Å². The highest BCUT2D eigenvalue weighted by molar-refractivity contribution is 14.1. The lowest BCUT2D eigenvalue weighted by Gasteiger charge is -1.95. The lowest BCUT2D eigenvalue weighted by Crippen LogP contribution is -1.82. The summed E-state index contributed by atoms with van der Waals surface area (Å²) < 4.78 is 1.15. The van der Waals surface area contributed by atoms with Crippen LogP contribution in [0.4, 0.5) is 0 Å². The summed E-state index contributed by atoms with van der Waals surface area (Å²) >= 11 is 2.26. The normalized spacial score (nSPS) is 10.3. The van der Waals surface area contributed by atoms with E-state index in [1.807, 2.05) is 18.3 Å². The third kappa shape index (κ3) is 1.20. The summed E-state index contributed by atoms with van der Waals surface area (Å²) in [6.07, 6.45) is 5.39. The maximum Gasteiger partial charge on any atom is 0.0895 e. The summed E-state index contributed by atoms with van der Waals surface area (Å²) in [6, 6.07) is 3.98. The van der Waals surface area contributed by atoms with Crippen LogP contribution in [0.25, 0.3) is 10.9 Å². The maximum absolute atomic E-state index is 4.17. The van der Waals surface area contributed by atoms with Gasteiger partial charge < -0.3 is 0 Å². The summed E-state index contributed by atoms with van der Waals surface area (Å²) in [5.74, 6) is 0. The minimum atomic E-state index is 0.958. The molecule has 54 valence electrons. The van der Waals surface area contributed by atoms with Crippen molar-refractivity contribution in [1.29, 1.82) is 0 Å². The Bertz CT molecular complexity index is 381. The lowest BCUT2D eigenvalue weighted by atomic mass is 10.3. The number of fused-ring (bicyclic) bond motifs is 1. The van der Waals surface area contributed by atoms with Crippen molar-refractivity contribution >= 4 is 33.5 Å². The Labute approximate surface area is 77.8 Å². The molecule has 0 fully saturated rings. The van der Waals surface area contributed by atoms with Crippen molar-refractivity contribution in [3.63, 3.8) is 0 Å². The Morgan fingerprint density at radius 3 is 3.00 bits per heavy atom. The number of pyridine rings is 2. The molecular formula is C8H5IN2. The first-order valence-electron chi connectivity index (χ1n) is 3.22. The van der Waals surface area contributed by atoms with E-state index in [2.05, 4.69) is 32.6 Å². The summed E-state index contributed by atoms with van der Waals surface area (Å²) in [5, 5.41) is 1.17. The lowest BCUT2D eigenvalue weighted by molar-refractivity contribution is 1.30. The number of hydrogen-bond donors (Lipinski definition) is 0. The van der Waals surface area contributed by atoms with E-state index < -0.39 is 0 Å². The van der Waals surface area contributed by atoms with Crippen LogP contribution >= 0.6 is 22.6 Å². The molecule has 0 aliphatic carbocycles. The van der Waals surface area contributed by atoms with Crippen LogP contribution in [-0.4, -0.2) is 9.97 Å². The Balaban J connectivity index is 2.91. The first kappa shape index (κ1) is 6.97. The van der Waals surface area contributed by atoms with Crippen molar-refractivity contribution in [3.8, 4) is 0 Å². The molecule has 2 aromatic rings. The van der Waals surface area contributed by atoms with Crippen molar-refractivity contribution in [3.05, 3.63) is 34.3 Å². The Morgan fingerprint density at radius 2 is 2.18 bits per heavy atom. The van der Waals surface area contributed by atoms with Gasteiger partial charge in [-0.25, -0.2) is 0 Å². The molecule has 0 amide bonds. The molecule has 0 saturated heterocycles. The molecule has 0 aromatic carbocycles. The second-order valence-corrected chi connectivity index (χ2v) is 3.35. The summed E-state index contributed by atoms with van der Waals surface area (Å²) in [6.45, 7) is 0. The number of rotatable bonds is 0.